The summed E-state index contributed by atoms with van der Waals surface area (Å²) in [6, 6.07) is 7.68. The number of nitrogens with two attached hydrogens (primary N) is 1. The molecule has 2 N–H and O–H groups in total. The van der Waals surface area contributed by atoms with Gasteiger partial charge in [-0.15, -0.1) is 0 Å². The van der Waals surface area contributed by atoms with E-state index in [0.717, 1.165) is 51.6 Å². The second-order valence-electron chi connectivity index (χ2n) is 5.87. The average molecular weight is 292 g/mol. The predicted molar refractivity (Wildman–Crippen MR) is 87.8 cm³/mol. The van der Waals surface area contributed by atoms with Crippen molar-refractivity contribution in [3.63, 3.8) is 0 Å². The summed E-state index contributed by atoms with van der Waals surface area (Å²) in [7, 11) is 4.26. The number of likely N-dealkylation sites (N-methyl/N-ethyl adjacent to an activating group) is 1. The van der Waals surface area contributed by atoms with Crippen LogP contribution in [-0.4, -0.2) is 81.2 Å². The molecule has 0 saturated carbocycles. The minimum Gasteiger partial charge on any atom is -0.490 e. The van der Waals surface area contributed by atoms with Crippen molar-refractivity contribution < 1.29 is 4.74 Å². The first-order chi connectivity index (χ1) is 10.1. The standard InChI is InChI=1S/C16H28N4O/c1-18(2)7-8-19-9-11-20(12-10-19)13-14-21-16-6-4-3-5-15(16)17/h3-6H,7-14,17H2,1-2H3. The van der Waals surface area contributed by atoms with Gasteiger partial charge in [0.1, 0.15) is 12.4 Å². The molecule has 118 valence electrons. The van der Waals surface area contributed by atoms with E-state index in [1.54, 1.807) is 0 Å². The van der Waals surface area contributed by atoms with Crippen molar-refractivity contribution in [3.05, 3.63) is 24.3 Å². The molecule has 1 heterocycles. The Labute approximate surface area is 128 Å². The third kappa shape index (κ3) is 5.53. The molecule has 0 amide bonds. The molecule has 0 aromatic heterocycles. The number of piperazine rings is 1. The highest BCUT2D eigenvalue weighted by molar-refractivity contribution is 5.51. The van der Waals surface area contributed by atoms with E-state index in [1.807, 2.05) is 24.3 Å². The molecule has 1 fully saturated rings. The van der Waals surface area contributed by atoms with E-state index in [-0.39, 0.29) is 0 Å². The van der Waals surface area contributed by atoms with Gasteiger partial charge in [0.25, 0.3) is 0 Å². The smallest absolute Gasteiger partial charge is 0.142 e. The van der Waals surface area contributed by atoms with Gasteiger partial charge in [-0.1, -0.05) is 12.1 Å². The van der Waals surface area contributed by atoms with Gasteiger partial charge in [-0.2, -0.15) is 0 Å². The number of para-hydroxylation sites is 2. The second kappa shape index (κ2) is 8.22. The fourth-order valence-corrected chi connectivity index (χ4v) is 2.47. The first-order valence-corrected chi connectivity index (χ1v) is 7.72. The van der Waals surface area contributed by atoms with Gasteiger partial charge in [-0.05, 0) is 26.2 Å². The minimum atomic E-state index is 0.700. The summed E-state index contributed by atoms with van der Waals surface area (Å²) < 4.78 is 5.76. The van der Waals surface area contributed by atoms with Crippen LogP contribution in [0.15, 0.2) is 24.3 Å². The SMILES string of the molecule is CN(C)CCN1CCN(CCOc2ccccc2N)CC1. The summed E-state index contributed by atoms with van der Waals surface area (Å²) in [5.74, 6) is 0.794. The van der Waals surface area contributed by atoms with Crippen molar-refractivity contribution >= 4 is 5.69 Å². The fraction of sp³-hybridized carbons (Fsp3) is 0.625. The zero-order valence-electron chi connectivity index (χ0n) is 13.3. The lowest BCUT2D eigenvalue weighted by molar-refractivity contribution is 0.112. The van der Waals surface area contributed by atoms with E-state index >= 15 is 0 Å². The molecule has 0 aliphatic carbocycles. The van der Waals surface area contributed by atoms with E-state index in [2.05, 4.69) is 28.8 Å². The van der Waals surface area contributed by atoms with Gasteiger partial charge >= 0.3 is 0 Å². The topological polar surface area (TPSA) is 45.0 Å². The molecule has 5 nitrogen and oxygen atoms in total. The van der Waals surface area contributed by atoms with Gasteiger partial charge in [0.2, 0.25) is 0 Å². The quantitative estimate of drug-likeness (QED) is 0.754. The maximum absolute atomic E-state index is 5.87. The molecule has 5 heteroatoms. The van der Waals surface area contributed by atoms with E-state index in [9.17, 15) is 0 Å². The van der Waals surface area contributed by atoms with Gasteiger partial charge in [-0.25, -0.2) is 0 Å². The monoisotopic (exact) mass is 292 g/mol. The maximum atomic E-state index is 5.87. The number of ether oxygens (including phenoxy) is 1. The Balaban J connectivity index is 1.62. The molecular weight excluding hydrogens is 264 g/mol. The van der Waals surface area contributed by atoms with Crippen molar-refractivity contribution in [2.75, 3.05) is 72.2 Å². The maximum Gasteiger partial charge on any atom is 0.142 e. The van der Waals surface area contributed by atoms with Gasteiger partial charge in [0, 0.05) is 45.8 Å². The first kappa shape index (κ1) is 16.1. The van der Waals surface area contributed by atoms with E-state index in [4.69, 9.17) is 10.5 Å². The van der Waals surface area contributed by atoms with Crippen LogP contribution in [0.5, 0.6) is 5.75 Å². The molecule has 1 aromatic rings. The molecule has 21 heavy (non-hydrogen) atoms. The van der Waals surface area contributed by atoms with Crippen LogP contribution >= 0.6 is 0 Å². The Morgan fingerprint density at radius 3 is 2.29 bits per heavy atom. The van der Waals surface area contributed by atoms with Crippen LogP contribution in [0.1, 0.15) is 0 Å². The molecule has 1 aromatic carbocycles. The lowest BCUT2D eigenvalue weighted by Crippen LogP contribution is -2.48. The lowest BCUT2D eigenvalue weighted by Gasteiger charge is -2.35. The number of anilines is 1. The highest BCUT2D eigenvalue weighted by Gasteiger charge is 2.16. The molecule has 2 rings (SSSR count). The molecule has 1 aliphatic rings. The molecule has 0 spiro atoms. The third-order valence-corrected chi connectivity index (χ3v) is 3.91. The van der Waals surface area contributed by atoms with Crippen LogP contribution < -0.4 is 10.5 Å². The van der Waals surface area contributed by atoms with Gasteiger partial charge < -0.3 is 15.4 Å². The molecule has 1 aliphatic heterocycles. The molecule has 0 radical (unpaired) electrons. The Hall–Kier alpha value is -1.30. The zero-order chi connectivity index (χ0) is 15.1. The van der Waals surface area contributed by atoms with Crippen LogP contribution in [0.25, 0.3) is 0 Å². The number of hydrogen-bond acceptors (Lipinski definition) is 5. The lowest BCUT2D eigenvalue weighted by atomic mass is 10.3. The van der Waals surface area contributed by atoms with Gasteiger partial charge in [0.15, 0.2) is 0 Å². The van der Waals surface area contributed by atoms with Crippen LogP contribution in [-0.2, 0) is 0 Å². The first-order valence-electron chi connectivity index (χ1n) is 7.72. The number of hydrogen-bond donors (Lipinski definition) is 1. The molecule has 0 unspecified atom stereocenters. The number of nitrogens with zero attached hydrogens (tertiary/aromatic N) is 3. The summed E-state index contributed by atoms with van der Waals surface area (Å²) in [5.41, 5.74) is 6.58. The summed E-state index contributed by atoms with van der Waals surface area (Å²) in [6.07, 6.45) is 0. The highest BCUT2D eigenvalue weighted by Crippen LogP contribution is 2.19. The van der Waals surface area contributed by atoms with E-state index in [1.165, 1.54) is 0 Å². The third-order valence-electron chi connectivity index (χ3n) is 3.91. The van der Waals surface area contributed by atoms with E-state index in [0.29, 0.717) is 12.3 Å². The summed E-state index contributed by atoms with van der Waals surface area (Å²) in [6.45, 7) is 8.53. The Morgan fingerprint density at radius 2 is 1.67 bits per heavy atom. The van der Waals surface area contributed by atoms with Crippen molar-refractivity contribution in [3.8, 4) is 5.75 Å². The summed E-state index contributed by atoms with van der Waals surface area (Å²) in [4.78, 5) is 7.24. The number of nitrogen functional groups attached to an aromatic ring is 1. The summed E-state index contributed by atoms with van der Waals surface area (Å²) in [5, 5.41) is 0. The van der Waals surface area contributed by atoms with Crippen molar-refractivity contribution in [1.29, 1.82) is 0 Å². The summed E-state index contributed by atoms with van der Waals surface area (Å²) >= 11 is 0. The number of rotatable bonds is 7. The van der Waals surface area contributed by atoms with Crippen molar-refractivity contribution in [2.45, 2.75) is 0 Å². The Morgan fingerprint density at radius 1 is 1.05 bits per heavy atom. The van der Waals surface area contributed by atoms with Crippen molar-refractivity contribution in [1.82, 2.24) is 14.7 Å². The van der Waals surface area contributed by atoms with Crippen LogP contribution in [0.3, 0.4) is 0 Å². The van der Waals surface area contributed by atoms with Crippen molar-refractivity contribution in [2.24, 2.45) is 0 Å². The van der Waals surface area contributed by atoms with Crippen LogP contribution in [0.2, 0.25) is 0 Å². The highest BCUT2D eigenvalue weighted by atomic mass is 16.5. The molecular formula is C16H28N4O. The van der Waals surface area contributed by atoms with Gasteiger partial charge in [-0.3, -0.25) is 9.80 Å². The van der Waals surface area contributed by atoms with Crippen LogP contribution in [0.4, 0.5) is 5.69 Å². The molecule has 0 bridgehead atoms. The molecule has 1 saturated heterocycles. The van der Waals surface area contributed by atoms with Gasteiger partial charge in [0.05, 0.1) is 5.69 Å². The molecule has 0 atom stereocenters. The Bertz CT molecular complexity index is 416. The minimum absolute atomic E-state index is 0.700. The second-order valence-corrected chi connectivity index (χ2v) is 5.87. The zero-order valence-corrected chi connectivity index (χ0v) is 13.3. The fourth-order valence-electron chi connectivity index (χ4n) is 2.47. The normalized spacial score (nSPS) is 17.3. The largest absolute Gasteiger partial charge is 0.490 e. The Kier molecular flexibility index (Phi) is 6.29. The average Bonchev–Trinajstić information content (AvgIpc) is 2.48. The predicted octanol–water partition coefficient (Wildman–Crippen LogP) is 0.827. The van der Waals surface area contributed by atoms with Crippen LogP contribution in [0, 0.1) is 0 Å². The van der Waals surface area contributed by atoms with E-state index < -0.39 is 0 Å². The number of benzene rings is 1.